The van der Waals surface area contributed by atoms with Gasteiger partial charge in [0.2, 0.25) is 0 Å². The molecule has 0 fully saturated rings. The van der Waals surface area contributed by atoms with Crippen LogP contribution >= 0.6 is 7.82 Å². The third-order valence-corrected chi connectivity index (χ3v) is 16.6. The first kappa shape index (κ1) is 78.2. The molecule has 80 heavy (non-hydrogen) atoms. The predicted molar refractivity (Wildman–Crippen MR) is 342 cm³/mol. The number of nitrogens with zero attached hydrogens (tertiary/aromatic N) is 1. The summed E-state index contributed by atoms with van der Waals surface area (Å²) in [6, 6.07) is 0. The third-order valence-electron chi connectivity index (χ3n) is 15.6. The number of unbranched alkanes of at least 4 members (excludes halogenated alkanes) is 45. The van der Waals surface area contributed by atoms with Gasteiger partial charge in [-0.3, -0.25) is 14.2 Å². The van der Waals surface area contributed by atoms with Gasteiger partial charge >= 0.3 is 11.9 Å². The number of rotatable bonds is 65. The Hall–Kier alpha value is -1.77. The fourth-order valence-corrected chi connectivity index (χ4v) is 11.0. The Morgan fingerprint density at radius 3 is 1.00 bits per heavy atom. The highest BCUT2D eigenvalue weighted by atomic mass is 31.2. The molecule has 0 N–H and O–H groups in total. The van der Waals surface area contributed by atoms with Crippen LogP contribution in [-0.4, -0.2) is 70.0 Å². The van der Waals surface area contributed by atoms with Gasteiger partial charge in [0, 0.05) is 12.8 Å². The largest absolute Gasteiger partial charge is 0.756 e. The molecular formula is C70H134NO8P. The van der Waals surface area contributed by atoms with Crippen LogP contribution in [0, 0.1) is 0 Å². The van der Waals surface area contributed by atoms with Gasteiger partial charge in [0.1, 0.15) is 19.8 Å². The standard InChI is InChI=1S/C70H134NO8P/c1-6-8-10-12-14-16-18-20-22-23-24-25-26-27-28-29-30-31-32-33-34-35-36-37-38-39-40-41-42-43-44-45-46-47-49-51-53-55-57-59-61-63-70(73)79-68(67-78-80(74,75)77-65-64-71(3,4)5)66-76-69(72)62-60-58-56-54-52-50-48-21-19-17-15-13-11-9-7-2/h18,20-21,23-24,48,68H,6-17,19,22,25-47,49-67H2,1-5H3/b20-18-,24-23-,48-21-. The summed E-state index contributed by atoms with van der Waals surface area (Å²) >= 11 is 0. The lowest BCUT2D eigenvalue weighted by Gasteiger charge is -2.28. The van der Waals surface area contributed by atoms with E-state index < -0.39 is 26.5 Å². The van der Waals surface area contributed by atoms with Crippen molar-refractivity contribution >= 4 is 19.8 Å². The monoisotopic (exact) mass is 1150 g/mol. The molecule has 0 aliphatic rings. The maximum Gasteiger partial charge on any atom is 0.306 e. The van der Waals surface area contributed by atoms with Crippen molar-refractivity contribution < 1.29 is 42.1 Å². The van der Waals surface area contributed by atoms with Crippen LogP contribution in [0.4, 0.5) is 0 Å². The Kier molecular flexibility index (Phi) is 60.4. The van der Waals surface area contributed by atoms with Gasteiger partial charge in [-0.25, -0.2) is 0 Å². The highest BCUT2D eigenvalue weighted by Gasteiger charge is 2.22. The number of ether oxygens (including phenoxy) is 2. The summed E-state index contributed by atoms with van der Waals surface area (Å²) in [4.78, 5) is 37.9. The lowest BCUT2D eigenvalue weighted by molar-refractivity contribution is -0.870. The summed E-state index contributed by atoms with van der Waals surface area (Å²) in [6.45, 7) is 4.26. The molecule has 9 nitrogen and oxygen atoms in total. The number of hydrogen-bond acceptors (Lipinski definition) is 8. The first-order chi connectivity index (χ1) is 39.0. The number of quaternary nitrogens is 1. The van der Waals surface area contributed by atoms with Gasteiger partial charge in [-0.1, -0.05) is 301 Å². The molecule has 0 bridgehead atoms. The van der Waals surface area contributed by atoms with Gasteiger partial charge in [0.15, 0.2) is 6.10 Å². The van der Waals surface area contributed by atoms with Gasteiger partial charge in [-0.05, 0) is 70.6 Å². The van der Waals surface area contributed by atoms with Gasteiger partial charge in [-0.2, -0.15) is 0 Å². The highest BCUT2D eigenvalue weighted by molar-refractivity contribution is 7.45. The van der Waals surface area contributed by atoms with Gasteiger partial charge in [0.05, 0.1) is 27.7 Å². The second kappa shape index (κ2) is 61.8. The number of carbonyl (C=O) groups excluding carboxylic acids is 2. The first-order valence-electron chi connectivity index (χ1n) is 34.7. The SMILES string of the molecule is CCCCCCC/C=C\C/C=C\CCCCCCCCCCCCCCCCCCCCCCCCCCCCCCCC(=O)OC(COC(=O)CCCCCCC/C=C\CCCCCCCC)COP(=O)([O-])OCC[N+](C)(C)C. The molecule has 0 aliphatic carbocycles. The van der Waals surface area contributed by atoms with E-state index in [1.807, 2.05) is 21.1 Å². The van der Waals surface area contributed by atoms with Crippen molar-refractivity contribution in [3.05, 3.63) is 36.5 Å². The zero-order valence-electron chi connectivity index (χ0n) is 53.8. The molecule has 0 saturated carbocycles. The lowest BCUT2D eigenvalue weighted by Crippen LogP contribution is -2.37. The van der Waals surface area contributed by atoms with Crippen LogP contribution in [0.5, 0.6) is 0 Å². The maximum atomic E-state index is 12.8. The fourth-order valence-electron chi connectivity index (χ4n) is 10.3. The zero-order valence-corrected chi connectivity index (χ0v) is 54.7. The Morgan fingerprint density at radius 1 is 0.388 bits per heavy atom. The molecule has 2 atom stereocenters. The van der Waals surface area contributed by atoms with Gasteiger partial charge in [-0.15, -0.1) is 0 Å². The van der Waals surface area contributed by atoms with Gasteiger partial charge < -0.3 is 27.9 Å². The third kappa shape index (κ3) is 65.4. The van der Waals surface area contributed by atoms with E-state index in [4.69, 9.17) is 18.5 Å². The summed E-state index contributed by atoms with van der Waals surface area (Å²) < 4.78 is 34.2. The molecule has 0 aliphatic heterocycles. The second-order valence-corrected chi connectivity index (χ2v) is 26.3. The number of likely N-dealkylation sites (N-methyl/N-ethyl adjacent to an activating group) is 1. The number of phosphoric acid groups is 1. The summed E-state index contributed by atoms with van der Waals surface area (Å²) in [5.41, 5.74) is 0. The number of esters is 2. The van der Waals surface area contributed by atoms with Crippen molar-refractivity contribution in [1.29, 1.82) is 0 Å². The maximum absolute atomic E-state index is 12.8. The average molecular weight is 1150 g/mol. The molecule has 10 heteroatoms. The fraction of sp³-hybridized carbons (Fsp3) is 0.886. The second-order valence-electron chi connectivity index (χ2n) is 24.9. The average Bonchev–Trinajstić information content (AvgIpc) is 3.42. The molecular weight excluding hydrogens is 1010 g/mol. The first-order valence-corrected chi connectivity index (χ1v) is 36.2. The van der Waals surface area contributed by atoms with Crippen LogP contribution in [0.15, 0.2) is 36.5 Å². The highest BCUT2D eigenvalue weighted by Crippen LogP contribution is 2.38. The van der Waals surface area contributed by atoms with E-state index in [0.717, 1.165) is 57.8 Å². The summed E-state index contributed by atoms with van der Waals surface area (Å²) in [7, 11) is 1.18. The smallest absolute Gasteiger partial charge is 0.306 e. The van der Waals surface area contributed by atoms with E-state index in [9.17, 15) is 19.0 Å². The lowest BCUT2D eigenvalue weighted by atomic mass is 10.0. The summed E-state index contributed by atoms with van der Waals surface area (Å²) in [5, 5.41) is 0. The molecule has 0 aromatic carbocycles. The number of phosphoric ester groups is 1. The molecule has 0 heterocycles. The number of carbonyl (C=O) groups is 2. The summed E-state index contributed by atoms with van der Waals surface area (Å²) in [5.74, 6) is -0.826. The van der Waals surface area contributed by atoms with Gasteiger partial charge in [0.25, 0.3) is 7.82 Å². The molecule has 0 radical (unpaired) electrons. The van der Waals surface area contributed by atoms with Crippen molar-refractivity contribution in [2.45, 2.75) is 354 Å². The van der Waals surface area contributed by atoms with Crippen LogP contribution in [0.2, 0.25) is 0 Å². The van der Waals surface area contributed by atoms with Crippen LogP contribution in [0.3, 0.4) is 0 Å². The Morgan fingerprint density at radius 2 is 0.675 bits per heavy atom. The Bertz CT molecular complexity index is 1440. The molecule has 0 saturated heterocycles. The minimum Gasteiger partial charge on any atom is -0.756 e. The topological polar surface area (TPSA) is 111 Å². The Labute approximate surface area is 497 Å². The summed E-state index contributed by atoms with van der Waals surface area (Å²) in [6.07, 6.45) is 78.3. The minimum atomic E-state index is -4.64. The van der Waals surface area contributed by atoms with E-state index in [0.29, 0.717) is 17.4 Å². The van der Waals surface area contributed by atoms with Crippen molar-refractivity contribution in [3.63, 3.8) is 0 Å². The molecule has 0 amide bonds. The molecule has 0 rings (SSSR count). The molecule has 2 unspecified atom stereocenters. The van der Waals surface area contributed by atoms with E-state index >= 15 is 0 Å². The van der Waals surface area contributed by atoms with E-state index in [2.05, 4.69) is 50.3 Å². The van der Waals surface area contributed by atoms with E-state index in [-0.39, 0.29) is 32.0 Å². The van der Waals surface area contributed by atoms with Crippen molar-refractivity contribution in [2.24, 2.45) is 0 Å². The van der Waals surface area contributed by atoms with E-state index in [1.54, 1.807) is 0 Å². The zero-order chi connectivity index (χ0) is 58.4. The predicted octanol–water partition coefficient (Wildman–Crippen LogP) is 21.6. The van der Waals surface area contributed by atoms with Crippen LogP contribution < -0.4 is 4.89 Å². The molecule has 0 aromatic heterocycles. The minimum absolute atomic E-state index is 0.0294. The number of allylic oxidation sites excluding steroid dienone is 6. The van der Waals surface area contributed by atoms with Crippen molar-refractivity contribution in [3.8, 4) is 0 Å². The molecule has 0 aromatic rings. The van der Waals surface area contributed by atoms with Crippen LogP contribution in [0.25, 0.3) is 0 Å². The quantitative estimate of drug-likeness (QED) is 0.0195. The van der Waals surface area contributed by atoms with E-state index in [1.165, 1.54) is 257 Å². The van der Waals surface area contributed by atoms with Crippen LogP contribution in [-0.2, 0) is 32.7 Å². The van der Waals surface area contributed by atoms with Crippen LogP contribution in [0.1, 0.15) is 348 Å². The number of hydrogen-bond donors (Lipinski definition) is 0. The molecule has 472 valence electrons. The van der Waals surface area contributed by atoms with Crippen molar-refractivity contribution in [1.82, 2.24) is 0 Å². The van der Waals surface area contributed by atoms with Crippen molar-refractivity contribution in [2.75, 3.05) is 47.5 Å². The normalized spacial score (nSPS) is 13.3. The molecule has 0 spiro atoms. The Balaban J connectivity index is 3.84.